The van der Waals surface area contributed by atoms with Gasteiger partial charge in [0, 0.05) is 5.56 Å². The minimum atomic E-state index is -0.854. The van der Waals surface area contributed by atoms with E-state index in [-0.39, 0.29) is 16.7 Å². The summed E-state index contributed by atoms with van der Waals surface area (Å²) in [6, 6.07) is 19.3. The van der Waals surface area contributed by atoms with Crippen LogP contribution in [0.1, 0.15) is 56.8 Å². The fourth-order valence-corrected chi connectivity index (χ4v) is 5.74. The highest BCUT2D eigenvalue weighted by atomic mass is 32.1. The van der Waals surface area contributed by atoms with Gasteiger partial charge in [-0.25, -0.2) is 4.98 Å². The number of Topliss-reactive ketones (excluding diaryl/α,β-unsaturated/α-hetero) is 1. The number of carbonyl (C=O) groups excluding carboxylic acids is 2. The number of fused-ring (bicyclic) bond motifs is 1. The van der Waals surface area contributed by atoms with Gasteiger partial charge in [0.2, 0.25) is 0 Å². The highest BCUT2D eigenvalue weighted by Crippen LogP contribution is 2.45. The summed E-state index contributed by atoms with van der Waals surface area (Å²) in [7, 11) is 1.59. The lowest BCUT2D eigenvalue weighted by atomic mass is 9.85. The van der Waals surface area contributed by atoms with Gasteiger partial charge in [-0.05, 0) is 65.4 Å². The zero-order valence-corrected chi connectivity index (χ0v) is 24.0. The monoisotopic (exact) mass is 556 g/mol. The number of ether oxygens (including phenoxy) is 2. The molecule has 1 aromatic heterocycles. The van der Waals surface area contributed by atoms with Gasteiger partial charge in [0.05, 0.1) is 35.5 Å². The number of amides is 1. The maximum Gasteiger partial charge on any atom is 0.301 e. The van der Waals surface area contributed by atoms with Crippen molar-refractivity contribution in [3.63, 3.8) is 0 Å². The quantitative estimate of drug-likeness (QED) is 0.150. The van der Waals surface area contributed by atoms with E-state index in [2.05, 4.69) is 25.8 Å². The number of methoxy groups -OCH3 is 1. The Bertz CT molecular complexity index is 1600. The zero-order chi connectivity index (χ0) is 28.6. The van der Waals surface area contributed by atoms with Crippen LogP contribution in [0, 0.1) is 0 Å². The molecule has 7 nitrogen and oxygen atoms in total. The number of hydrogen-bond donors (Lipinski definition) is 1. The first-order valence-electron chi connectivity index (χ1n) is 13.2. The Labute approximate surface area is 237 Å². The van der Waals surface area contributed by atoms with Crippen molar-refractivity contribution in [1.29, 1.82) is 0 Å². The predicted molar refractivity (Wildman–Crippen MR) is 158 cm³/mol. The van der Waals surface area contributed by atoms with Crippen molar-refractivity contribution < 1.29 is 24.2 Å². The normalized spacial score (nSPS) is 17.0. The minimum Gasteiger partial charge on any atom is -0.507 e. The van der Waals surface area contributed by atoms with E-state index in [4.69, 9.17) is 9.47 Å². The summed E-state index contributed by atoms with van der Waals surface area (Å²) in [6.45, 7) is 8.97. The molecule has 206 valence electrons. The Morgan fingerprint density at radius 2 is 1.68 bits per heavy atom. The Morgan fingerprint density at radius 3 is 2.30 bits per heavy atom. The van der Waals surface area contributed by atoms with Gasteiger partial charge < -0.3 is 14.6 Å². The average molecular weight is 557 g/mol. The van der Waals surface area contributed by atoms with Crippen molar-refractivity contribution in [2.45, 2.75) is 45.6 Å². The van der Waals surface area contributed by atoms with E-state index in [1.807, 2.05) is 43.3 Å². The lowest BCUT2D eigenvalue weighted by Gasteiger charge is -2.24. The first-order valence-corrected chi connectivity index (χ1v) is 14.0. The molecule has 0 radical (unpaired) electrons. The van der Waals surface area contributed by atoms with Crippen LogP contribution in [0.4, 0.5) is 5.13 Å². The molecule has 2 heterocycles. The van der Waals surface area contributed by atoms with E-state index in [1.54, 1.807) is 37.4 Å². The molecule has 40 heavy (non-hydrogen) atoms. The number of nitrogens with zero attached hydrogens (tertiary/aromatic N) is 2. The highest BCUT2D eigenvalue weighted by Gasteiger charge is 2.48. The summed E-state index contributed by atoms with van der Waals surface area (Å²) >= 11 is 1.30. The molecule has 4 aromatic rings. The van der Waals surface area contributed by atoms with E-state index >= 15 is 0 Å². The molecular weight excluding hydrogens is 524 g/mol. The number of aromatic nitrogens is 1. The summed E-state index contributed by atoms with van der Waals surface area (Å²) in [4.78, 5) is 33.2. The molecule has 0 spiro atoms. The number of hydrogen-bond acceptors (Lipinski definition) is 7. The summed E-state index contributed by atoms with van der Waals surface area (Å²) in [5, 5.41) is 11.8. The van der Waals surface area contributed by atoms with Crippen LogP contribution in [0.2, 0.25) is 0 Å². The standard InChI is InChI=1S/C32H32N2O5S/c1-6-17-39-22-13-9-20(10-14-22)28(35)26-27(19-7-11-21(12-8-19)32(2,3)4)34(30(37)29(26)36)31-33-24-16-15-23(38-5)18-25(24)40-31/h7-16,18,27,35H,6,17H2,1-5H3. The van der Waals surface area contributed by atoms with Crippen LogP contribution in [0.3, 0.4) is 0 Å². The molecule has 1 fully saturated rings. The molecule has 5 rings (SSSR count). The second-order valence-electron chi connectivity index (χ2n) is 10.7. The zero-order valence-electron chi connectivity index (χ0n) is 23.2. The smallest absolute Gasteiger partial charge is 0.301 e. The van der Waals surface area contributed by atoms with Gasteiger partial charge in [0.1, 0.15) is 17.3 Å². The van der Waals surface area contributed by atoms with Gasteiger partial charge in [-0.15, -0.1) is 0 Å². The third-order valence-electron chi connectivity index (χ3n) is 6.93. The van der Waals surface area contributed by atoms with Crippen molar-refractivity contribution in [3.8, 4) is 11.5 Å². The molecule has 1 aliphatic rings. The number of rotatable bonds is 7. The molecule has 1 saturated heterocycles. The minimum absolute atomic E-state index is 0.0209. The molecule has 1 N–H and O–H groups in total. The molecule has 1 amide bonds. The van der Waals surface area contributed by atoms with E-state index in [0.29, 0.717) is 39.9 Å². The summed E-state index contributed by atoms with van der Waals surface area (Å²) < 4.78 is 11.8. The first kappa shape index (κ1) is 27.4. The number of aliphatic hydroxyl groups is 1. The fraction of sp³-hybridized carbons (Fsp3) is 0.281. The van der Waals surface area contributed by atoms with Gasteiger partial charge in [-0.2, -0.15) is 0 Å². The molecule has 1 atom stereocenters. The largest absolute Gasteiger partial charge is 0.507 e. The lowest BCUT2D eigenvalue weighted by Crippen LogP contribution is -2.29. The molecule has 0 saturated carbocycles. The lowest BCUT2D eigenvalue weighted by molar-refractivity contribution is -0.132. The first-order chi connectivity index (χ1) is 19.1. The third kappa shape index (κ3) is 5.07. The second-order valence-corrected chi connectivity index (χ2v) is 11.8. The van der Waals surface area contributed by atoms with Crippen LogP contribution in [0.5, 0.6) is 11.5 Å². The number of carbonyl (C=O) groups is 2. The second kappa shape index (κ2) is 10.8. The van der Waals surface area contributed by atoms with Crippen molar-refractivity contribution in [3.05, 3.63) is 89.0 Å². The maximum atomic E-state index is 13.6. The maximum absolute atomic E-state index is 13.6. The molecule has 0 aliphatic carbocycles. The molecule has 8 heteroatoms. The molecule has 1 aliphatic heterocycles. The Morgan fingerprint density at radius 1 is 1.00 bits per heavy atom. The van der Waals surface area contributed by atoms with Crippen molar-refractivity contribution in [2.24, 2.45) is 0 Å². The summed E-state index contributed by atoms with van der Waals surface area (Å²) in [6.07, 6.45) is 0.873. The van der Waals surface area contributed by atoms with Crippen LogP contribution in [-0.2, 0) is 15.0 Å². The molecular formula is C32H32N2O5S. The van der Waals surface area contributed by atoms with Gasteiger partial charge in [-0.1, -0.05) is 63.3 Å². The molecule has 1 unspecified atom stereocenters. The van der Waals surface area contributed by atoms with Gasteiger partial charge in [-0.3, -0.25) is 14.5 Å². The van der Waals surface area contributed by atoms with E-state index in [9.17, 15) is 14.7 Å². The molecule has 3 aromatic carbocycles. The van der Waals surface area contributed by atoms with Crippen LogP contribution < -0.4 is 14.4 Å². The van der Waals surface area contributed by atoms with E-state index in [1.165, 1.54) is 16.2 Å². The van der Waals surface area contributed by atoms with Crippen LogP contribution in [-0.4, -0.2) is 35.5 Å². The van der Waals surface area contributed by atoms with E-state index in [0.717, 1.165) is 16.7 Å². The number of anilines is 1. The third-order valence-corrected chi connectivity index (χ3v) is 7.95. The SMILES string of the molecule is CCCOc1ccc(C(O)=C2C(=O)C(=O)N(c3nc4ccc(OC)cc4s3)C2c2ccc(C(C)(C)C)cc2)cc1. The van der Waals surface area contributed by atoms with Crippen LogP contribution in [0.25, 0.3) is 16.0 Å². The summed E-state index contributed by atoms with van der Waals surface area (Å²) in [5.74, 6) is -0.398. The number of aliphatic hydroxyl groups excluding tert-OH is 1. The van der Waals surface area contributed by atoms with Crippen LogP contribution in [0.15, 0.2) is 72.3 Å². The Balaban J connectivity index is 1.65. The highest BCUT2D eigenvalue weighted by molar-refractivity contribution is 7.22. The number of thiazole rings is 1. The molecule has 0 bridgehead atoms. The predicted octanol–water partition coefficient (Wildman–Crippen LogP) is 7.02. The fourth-order valence-electron chi connectivity index (χ4n) is 4.72. The topological polar surface area (TPSA) is 89.0 Å². The van der Waals surface area contributed by atoms with Gasteiger partial charge in [0.15, 0.2) is 5.13 Å². The van der Waals surface area contributed by atoms with Gasteiger partial charge in [0.25, 0.3) is 5.78 Å². The van der Waals surface area contributed by atoms with E-state index < -0.39 is 17.7 Å². The average Bonchev–Trinajstić information content (AvgIpc) is 3.48. The van der Waals surface area contributed by atoms with Gasteiger partial charge >= 0.3 is 5.91 Å². The van der Waals surface area contributed by atoms with Crippen LogP contribution >= 0.6 is 11.3 Å². The van der Waals surface area contributed by atoms with Crippen molar-refractivity contribution >= 4 is 44.1 Å². The Hall–Kier alpha value is -4.17. The number of benzene rings is 3. The Kier molecular flexibility index (Phi) is 7.38. The number of ketones is 1. The summed E-state index contributed by atoms with van der Waals surface area (Å²) in [5.41, 5.74) is 2.87. The van der Waals surface area contributed by atoms with Crippen molar-refractivity contribution in [1.82, 2.24) is 4.98 Å². The van der Waals surface area contributed by atoms with Crippen molar-refractivity contribution in [2.75, 3.05) is 18.6 Å².